The number of carbonyl (C=O) groups is 2. The van der Waals surface area contributed by atoms with Crippen molar-refractivity contribution in [2.75, 3.05) is 6.54 Å². The Balaban J connectivity index is 1.58. The van der Waals surface area contributed by atoms with Gasteiger partial charge in [-0.05, 0) is 42.7 Å². The molecule has 124 valence electrons. The number of benzene rings is 2. The van der Waals surface area contributed by atoms with Crippen molar-refractivity contribution in [3.63, 3.8) is 0 Å². The van der Waals surface area contributed by atoms with Gasteiger partial charge in [0, 0.05) is 18.2 Å². The van der Waals surface area contributed by atoms with E-state index in [0.29, 0.717) is 12.1 Å². The van der Waals surface area contributed by atoms with Gasteiger partial charge in [0.25, 0.3) is 5.91 Å². The van der Waals surface area contributed by atoms with Crippen LogP contribution in [0.5, 0.6) is 0 Å². The van der Waals surface area contributed by atoms with Crippen LogP contribution in [0, 0.1) is 5.82 Å². The number of amides is 2. The molecule has 0 atom stereocenters. The first kappa shape index (κ1) is 16.2. The summed E-state index contributed by atoms with van der Waals surface area (Å²) in [6, 6.07) is 15.2. The Labute approximate surface area is 140 Å². The lowest BCUT2D eigenvalue weighted by atomic mass is 10.2. The zero-order chi connectivity index (χ0) is 16.9. The van der Waals surface area contributed by atoms with E-state index in [1.165, 1.54) is 12.1 Å². The second-order valence-corrected chi connectivity index (χ2v) is 5.93. The first-order valence-electron chi connectivity index (χ1n) is 8.00. The third-order valence-electron chi connectivity index (χ3n) is 4.01. The molecule has 3 rings (SSSR count). The Morgan fingerprint density at radius 2 is 1.71 bits per heavy atom. The van der Waals surface area contributed by atoms with Crippen molar-refractivity contribution in [1.29, 1.82) is 0 Å². The number of hydrogen-bond donors (Lipinski definition) is 1. The van der Waals surface area contributed by atoms with Crippen LogP contribution in [0.4, 0.5) is 4.39 Å². The van der Waals surface area contributed by atoms with Crippen LogP contribution in [0.2, 0.25) is 0 Å². The van der Waals surface area contributed by atoms with Crippen LogP contribution in [0.15, 0.2) is 54.6 Å². The van der Waals surface area contributed by atoms with Crippen molar-refractivity contribution in [3.8, 4) is 0 Å². The summed E-state index contributed by atoms with van der Waals surface area (Å²) in [5, 5.41) is 2.67. The molecule has 5 heteroatoms. The van der Waals surface area contributed by atoms with E-state index in [1.807, 2.05) is 6.07 Å². The highest BCUT2D eigenvalue weighted by molar-refractivity contribution is 5.96. The summed E-state index contributed by atoms with van der Waals surface area (Å²) in [7, 11) is 0. The van der Waals surface area contributed by atoms with Crippen LogP contribution in [0.1, 0.15) is 28.8 Å². The Kier molecular flexibility index (Phi) is 4.89. The molecule has 0 unspecified atom stereocenters. The van der Waals surface area contributed by atoms with E-state index >= 15 is 0 Å². The van der Waals surface area contributed by atoms with Crippen molar-refractivity contribution in [1.82, 2.24) is 10.2 Å². The quantitative estimate of drug-likeness (QED) is 0.887. The number of nitrogens with zero attached hydrogens (tertiary/aromatic N) is 1. The molecule has 0 heterocycles. The van der Waals surface area contributed by atoms with Gasteiger partial charge in [-0.3, -0.25) is 9.59 Å². The summed E-state index contributed by atoms with van der Waals surface area (Å²) in [6.45, 7) is 0.399. The molecule has 2 aromatic rings. The topological polar surface area (TPSA) is 49.4 Å². The molecule has 1 aliphatic rings. The van der Waals surface area contributed by atoms with Gasteiger partial charge in [0.05, 0.1) is 6.54 Å². The fraction of sp³-hybridized carbons (Fsp3) is 0.263. The minimum absolute atomic E-state index is 0.0363. The molecular formula is C19H19FN2O2. The van der Waals surface area contributed by atoms with E-state index in [9.17, 15) is 14.0 Å². The lowest BCUT2D eigenvalue weighted by molar-refractivity contribution is -0.131. The molecule has 0 radical (unpaired) electrons. The molecule has 2 aromatic carbocycles. The highest BCUT2D eigenvalue weighted by Crippen LogP contribution is 2.28. The predicted molar refractivity (Wildman–Crippen MR) is 88.7 cm³/mol. The lowest BCUT2D eigenvalue weighted by Gasteiger charge is -2.23. The zero-order valence-electron chi connectivity index (χ0n) is 13.2. The average Bonchev–Trinajstić information content (AvgIpc) is 3.44. The van der Waals surface area contributed by atoms with Crippen LogP contribution in [0.25, 0.3) is 0 Å². The van der Waals surface area contributed by atoms with Gasteiger partial charge >= 0.3 is 0 Å². The maximum atomic E-state index is 13.0. The van der Waals surface area contributed by atoms with Crippen molar-refractivity contribution in [2.24, 2.45) is 0 Å². The van der Waals surface area contributed by atoms with Crippen LogP contribution < -0.4 is 5.32 Å². The summed E-state index contributed by atoms with van der Waals surface area (Å²) in [6.07, 6.45) is 1.94. The Hall–Kier alpha value is -2.69. The fourth-order valence-corrected chi connectivity index (χ4v) is 2.54. The lowest BCUT2D eigenvalue weighted by Crippen LogP contribution is -2.41. The van der Waals surface area contributed by atoms with Gasteiger partial charge in [-0.25, -0.2) is 4.39 Å². The molecule has 0 aromatic heterocycles. The molecule has 0 bridgehead atoms. The van der Waals surface area contributed by atoms with Crippen LogP contribution >= 0.6 is 0 Å². The van der Waals surface area contributed by atoms with Crippen molar-refractivity contribution < 1.29 is 14.0 Å². The molecule has 0 spiro atoms. The van der Waals surface area contributed by atoms with E-state index in [2.05, 4.69) is 5.32 Å². The van der Waals surface area contributed by atoms with Gasteiger partial charge in [0.1, 0.15) is 5.82 Å². The maximum absolute atomic E-state index is 13.0. The van der Waals surface area contributed by atoms with E-state index < -0.39 is 0 Å². The number of hydrogen-bond acceptors (Lipinski definition) is 2. The molecule has 1 fully saturated rings. The molecule has 24 heavy (non-hydrogen) atoms. The van der Waals surface area contributed by atoms with Gasteiger partial charge in [0.15, 0.2) is 0 Å². The third-order valence-corrected chi connectivity index (χ3v) is 4.01. The first-order valence-corrected chi connectivity index (χ1v) is 8.00. The van der Waals surface area contributed by atoms with Gasteiger partial charge in [-0.1, -0.05) is 30.3 Å². The smallest absolute Gasteiger partial charge is 0.251 e. The largest absolute Gasteiger partial charge is 0.343 e. The number of nitrogens with one attached hydrogen (secondary N) is 1. The summed E-state index contributed by atoms with van der Waals surface area (Å²) in [5.74, 6) is -0.675. The summed E-state index contributed by atoms with van der Waals surface area (Å²) < 4.78 is 13.0. The van der Waals surface area contributed by atoms with Gasteiger partial charge in [0.2, 0.25) is 5.91 Å². The number of rotatable bonds is 6. The monoisotopic (exact) mass is 326 g/mol. The molecule has 0 saturated heterocycles. The summed E-state index contributed by atoms with van der Waals surface area (Å²) >= 11 is 0. The molecule has 0 aliphatic heterocycles. The van der Waals surface area contributed by atoms with E-state index in [4.69, 9.17) is 0 Å². The van der Waals surface area contributed by atoms with E-state index in [-0.39, 0.29) is 30.2 Å². The van der Waals surface area contributed by atoms with Crippen LogP contribution in [0.3, 0.4) is 0 Å². The Bertz CT molecular complexity index is 712. The van der Waals surface area contributed by atoms with Gasteiger partial charge in [-0.15, -0.1) is 0 Å². The van der Waals surface area contributed by atoms with E-state index in [0.717, 1.165) is 18.4 Å². The Morgan fingerprint density at radius 3 is 2.33 bits per heavy atom. The maximum Gasteiger partial charge on any atom is 0.251 e. The van der Waals surface area contributed by atoms with Gasteiger partial charge in [-0.2, -0.15) is 0 Å². The van der Waals surface area contributed by atoms with E-state index in [1.54, 1.807) is 41.3 Å². The number of halogens is 1. The van der Waals surface area contributed by atoms with Crippen LogP contribution in [-0.2, 0) is 11.3 Å². The van der Waals surface area contributed by atoms with Crippen LogP contribution in [-0.4, -0.2) is 29.3 Å². The standard InChI is InChI=1S/C19H19FN2O2/c20-16-8-6-14(7-9-16)13-22(17-10-11-17)18(23)12-21-19(24)15-4-2-1-3-5-15/h1-9,17H,10-13H2,(H,21,24). The minimum atomic E-state index is -0.293. The predicted octanol–water partition coefficient (Wildman–Crippen LogP) is 2.75. The molecule has 1 aliphatic carbocycles. The normalized spacial score (nSPS) is 13.4. The zero-order valence-corrected chi connectivity index (χ0v) is 13.2. The third kappa shape index (κ3) is 4.19. The average molecular weight is 326 g/mol. The second kappa shape index (κ2) is 7.25. The van der Waals surface area contributed by atoms with Crippen molar-refractivity contribution >= 4 is 11.8 Å². The molecule has 1 N–H and O–H groups in total. The molecule has 1 saturated carbocycles. The minimum Gasteiger partial charge on any atom is -0.343 e. The van der Waals surface area contributed by atoms with Gasteiger partial charge < -0.3 is 10.2 Å². The van der Waals surface area contributed by atoms with Crippen molar-refractivity contribution in [3.05, 3.63) is 71.5 Å². The summed E-state index contributed by atoms with van der Waals surface area (Å²) in [4.78, 5) is 26.3. The summed E-state index contributed by atoms with van der Waals surface area (Å²) in [5.41, 5.74) is 1.41. The fourth-order valence-electron chi connectivity index (χ4n) is 2.54. The first-order chi connectivity index (χ1) is 11.6. The molecule has 2 amide bonds. The molecule has 4 nitrogen and oxygen atoms in total. The second-order valence-electron chi connectivity index (χ2n) is 5.93. The molecular weight excluding hydrogens is 307 g/mol. The highest BCUT2D eigenvalue weighted by atomic mass is 19.1. The Morgan fingerprint density at radius 1 is 1.04 bits per heavy atom. The SMILES string of the molecule is O=C(NCC(=O)N(Cc1ccc(F)cc1)C1CC1)c1ccccc1. The van der Waals surface area contributed by atoms with Crippen molar-refractivity contribution in [2.45, 2.75) is 25.4 Å². The highest BCUT2D eigenvalue weighted by Gasteiger charge is 2.32. The number of carbonyl (C=O) groups excluding carboxylic acids is 2.